The molecule has 2 N–H and O–H groups in total. The average Bonchev–Trinajstić information content (AvgIpc) is 1.95. The lowest BCUT2D eigenvalue weighted by Crippen LogP contribution is -1.87. The summed E-state index contributed by atoms with van der Waals surface area (Å²) in [7, 11) is 0. The highest BCUT2D eigenvalue weighted by atomic mass is 16.1. The van der Waals surface area contributed by atoms with Gasteiger partial charge in [-0.1, -0.05) is 12.1 Å². The minimum atomic E-state index is 0.472. The predicted molar refractivity (Wildman–Crippen MR) is 40.6 cm³/mol. The summed E-state index contributed by atoms with van der Waals surface area (Å²) < 4.78 is 0. The van der Waals surface area contributed by atoms with Crippen LogP contribution in [0.25, 0.3) is 0 Å². The first-order chi connectivity index (χ1) is 4.83. The molecule has 0 saturated heterocycles. The van der Waals surface area contributed by atoms with Gasteiger partial charge in [0.2, 0.25) is 0 Å². The van der Waals surface area contributed by atoms with E-state index in [0.29, 0.717) is 6.42 Å². The molecule has 10 heavy (non-hydrogen) atoms. The largest absolute Gasteiger partial charge is 0.399 e. The van der Waals surface area contributed by atoms with Crippen molar-refractivity contribution < 1.29 is 4.79 Å². The molecule has 2 nitrogen and oxygen atoms in total. The summed E-state index contributed by atoms with van der Waals surface area (Å²) in [5.74, 6) is 0. The van der Waals surface area contributed by atoms with E-state index >= 15 is 0 Å². The van der Waals surface area contributed by atoms with Gasteiger partial charge in [0.1, 0.15) is 6.29 Å². The summed E-state index contributed by atoms with van der Waals surface area (Å²) in [6.07, 6.45) is 1.35. The predicted octanol–water partition coefficient (Wildman–Crippen LogP) is 1.01. The van der Waals surface area contributed by atoms with E-state index in [1.165, 1.54) is 0 Å². The molecule has 0 heterocycles. The topological polar surface area (TPSA) is 43.1 Å². The normalized spacial score (nSPS) is 9.20. The number of hydrogen-bond donors (Lipinski definition) is 1. The van der Waals surface area contributed by atoms with Crippen molar-refractivity contribution in [2.45, 2.75) is 6.42 Å². The van der Waals surface area contributed by atoms with Gasteiger partial charge in [0.05, 0.1) is 0 Å². The summed E-state index contributed by atoms with van der Waals surface area (Å²) >= 11 is 0. The lowest BCUT2D eigenvalue weighted by molar-refractivity contribution is -0.107. The molecule has 2 heteroatoms. The van der Waals surface area contributed by atoms with Gasteiger partial charge < -0.3 is 10.5 Å². The van der Waals surface area contributed by atoms with Gasteiger partial charge in [-0.05, 0) is 17.7 Å². The Bertz CT molecular complexity index is 215. The molecular weight excluding hydrogens is 126 g/mol. The summed E-state index contributed by atoms with van der Waals surface area (Å²) in [6.45, 7) is 0. The lowest BCUT2D eigenvalue weighted by Gasteiger charge is -1.94. The van der Waals surface area contributed by atoms with E-state index in [-0.39, 0.29) is 0 Å². The van der Waals surface area contributed by atoms with Crippen molar-refractivity contribution in [2.24, 2.45) is 0 Å². The van der Waals surface area contributed by atoms with E-state index in [2.05, 4.69) is 0 Å². The van der Waals surface area contributed by atoms with Crippen LogP contribution in [-0.4, -0.2) is 6.29 Å². The first kappa shape index (κ1) is 6.81. The van der Waals surface area contributed by atoms with Crippen LogP contribution < -0.4 is 5.73 Å². The second-order valence-electron chi connectivity index (χ2n) is 2.11. The molecule has 0 saturated carbocycles. The fourth-order valence-corrected chi connectivity index (χ4v) is 0.750. The third-order valence-corrected chi connectivity index (χ3v) is 1.30. The highest BCUT2D eigenvalue weighted by molar-refractivity contribution is 5.55. The summed E-state index contributed by atoms with van der Waals surface area (Å²) in [5.41, 5.74) is 7.17. The van der Waals surface area contributed by atoms with Crippen LogP contribution in [0, 0.1) is 0 Å². The van der Waals surface area contributed by atoms with Crippen LogP contribution in [0.15, 0.2) is 24.3 Å². The Balaban J connectivity index is 2.78. The Morgan fingerprint density at radius 1 is 1.30 bits per heavy atom. The third-order valence-electron chi connectivity index (χ3n) is 1.30. The van der Waals surface area contributed by atoms with E-state index in [1.807, 2.05) is 12.1 Å². The molecule has 0 bridgehead atoms. The molecule has 0 aliphatic heterocycles. The van der Waals surface area contributed by atoms with Crippen molar-refractivity contribution >= 4 is 12.0 Å². The summed E-state index contributed by atoms with van der Waals surface area (Å²) in [5, 5.41) is 0. The van der Waals surface area contributed by atoms with Gasteiger partial charge in [-0.2, -0.15) is 0 Å². The van der Waals surface area contributed by atoms with Gasteiger partial charge in [-0.15, -0.1) is 0 Å². The number of carbonyl (C=O) groups excluding carboxylic acids is 1. The smallest absolute Gasteiger partial charge is 0.124 e. The Morgan fingerprint density at radius 2 is 1.90 bits per heavy atom. The van der Waals surface area contributed by atoms with E-state index in [4.69, 9.17) is 5.73 Å². The molecule has 0 aromatic heterocycles. The van der Waals surface area contributed by atoms with Gasteiger partial charge in [0, 0.05) is 12.1 Å². The molecule has 1 aromatic carbocycles. The minimum absolute atomic E-state index is 0.472. The summed E-state index contributed by atoms with van der Waals surface area (Å²) in [4.78, 5) is 10.0. The molecule has 0 spiro atoms. The molecule has 1 rings (SSSR count). The molecule has 0 aliphatic carbocycles. The van der Waals surface area contributed by atoms with Crippen LogP contribution in [0.1, 0.15) is 5.56 Å². The molecule has 0 aliphatic rings. The van der Waals surface area contributed by atoms with Crippen molar-refractivity contribution in [3.63, 3.8) is 0 Å². The Kier molecular flexibility index (Phi) is 2.05. The van der Waals surface area contributed by atoms with Crippen molar-refractivity contribution in [1.29, 1.82) is 0 Å². The van der Waals surface area contributed by atoms with E-state index in [9.17, 15) is 4.79 Å². The van der Waals surface area contributed by atoms with Crippen LogP contribution in [0.3, 0.4) is 0 Å². The summed E-state index contributed by atoms with van der Waals surface area (Å²) in [6, 6.07) is 7.28. The molecule has 1 aromatic rings. The Morgan fingerprint density at radius 3 is 2.40 bits per heavy atom. The van der Waals surface area contributed by atoms with Crippen LogP contribution >= 0.6 is 0 Å². The average molecular weight is 135 g/mol. The lowest BCUT2D eigenvalue weighted by atomic mass is 10.1. The molecule has 0 atom stereocenters. The van der Waals surface area contributed by atoms with Crippen molar-refractivity contribution in [2.75, 3.05) is 5.73 Å². The number of benzene rings is 1. The first-order valence-electron chi connectivity index (χ1n) is 3.11. The zero-order valence-electron chi connectivity index (χ0n) is 5.58. The van der Waals surface area contributed by atoms with E-state index < -0.39 is 0 Å². The van der Waals surface area contributed by atoms with Crippen LogP contribution in [-0.2, 0) is 11.2 Å². The molecular formula is C8H9NO. The number of anilines is 1. The van der Waals surface area contributed by atoms with E-state index in [1.54, 1.807) is 12.1 Å². The Labute approximate surface area is 59.7 Å². The van der Waals surface area contributed by atoms with Crippen molar-refractivity contribution in [3.8, 4) is 0 Å². The monoisotopic (exact) mass is 135 g/mol. The zero-order valence-corrected chi connectivity index (χ0v) is 5.58. The minimum Gasteiger partial charge on any atom is -0.399 e. The number of nitrogen functional groups attached to an aromatic ring is 1. The molecule has 52 valence electrons. The highest BCUT2D eigenvalue weighted by Gasteiger charge is 1.88. The second-order valence-corrected chi connectivity index (χ2v) is 2.11. The van der Waals surface area contributed by atoms with Crippen molar-refractivity contribution in [1.82, 2.24) is 0 Å². The number of nitrogens with two attached hydrogens (primary N) is 1. The maximum absolute atomic E-state index is 10.0. The second kappa shape index (κ2) is 3.01. The van der Waals surface area contributed by atoms with Crippen molar-refractivity contribution in [3.05, 3.63) is 29.8 Å². The Hall–Kier alpha value is -1.31. The van der Waals surface area contributed by atoms with Gasteiger partial charge in [0.25, 0.3) is 0 Å². The van der Waals surface area contributed by atoms with Gasteiger partial charge in [0.15, 0.2) is 0 Å². The van der Waals surface area contributed by atoms with E-state index in [0.717, 1.165) is 17.5 Å². The number of hydrogen-bond acceptors (Lipinski definition) is 2. The van der Waals surface area contributed by atoms with Gasteiger partial charge in [-0.3, -0.25) is 0 Å². The number of rotatable bonds is 2. The van der Waals surface area contributed by atoms with Crippen LogP contribution in [0.4, 0.5) is 5.69 Å². The maximum Gasteiger partial charge on any atom is 0.124 e. The first-order valence-corrected chi connectivity index (χ1v) is 3.11. The molecule has 0 fully saturated rings. The zero-order chi connectivity index (χ0) is 7.40. The third kappa shape index (κ3) is 1.58. The maximum atomic E-state index is 10.0. The van der Waals surface area contributed by atoms with Gasteiger partial charge in [-0.25, -0.2) is 0 Å². The highest BCUT2D eigenvalue weighted by Crippen LogP contribution is 2.04. The van der Waals surface area contributed by atoms with Crippen LogP contribution in [0.5, 0.6) is 0 Å². The SMILES string of the molecule is Nc1ccc(CC=O)cc1. The number of aldehydes is 1. The number of carbonyl (C=O) groups is 1. The fraction of sp³-hybridized carbons (Fsp3) is 0.125. The molecule has 0 amide bonds. The molecule has 0 radical (unpaired) electrons. The standard InChI is InChI=1S/C8H9NO/c9-8-3-1-7(2-4-8)5-6-10/h1-4,6H,5,9H2. The fourth-order valence-electron chi connectivity index (χ4n) is 0.750. The van der Waals surface area contributed by atoms with Crippen LogP contribution in [0.2, 0.25) is 0 Å². The molecule has 0 unspecified atom stereocenters. The quantitative estimate of drug-likeness (QED) is 0.485. The van der Waals surface area contributed by atoms with Gasteiger partial charge >= 0.3 is 0 Å².